The fourth-order valence-electron chi connectivity index (χ4n) is 1.93. The lowest BCUT2D eigenvalue weighted by Gasteiger charge is -2.13. The van der Waals surface area contributed by atoms with Gasteiger partial charge in [0.1, 0.15) is 0 Å². The minimum absolute atomic E-state index is 0.863. The average molecular weight is 308 g/mol. The topological polar surface area (TPSA) is 29.9 Å². The van der Waals surface area contributed by atoms with E-state index >= 15 is 0 Å². The van der Waals surface area contributed by atoms with E-state index in [2.05, 4.69) is 62.8 Å². The molecule has 2 rings (SSSR count). The molecule has 0 saturated carbocycles. The normalized spacial score (nSPS) is 10.9. The lowest BCUT2D eigenvalue weighted by molar-refractivity contribution is 0.721. The molecule has 0 amide bonds. The minimum Gasteiger partial charge on any atom is -0.313 e. The van der Waals surface area contributed by atoms with Crippen molar-refractivity contribution in [3.05, 3.63) is 46.0 Å². The first-order valence-corrected chi connectivity index (χ1v) is 6.92. The predicted molar refractivity (Wildman–Crippen MR) is 78.1 cm³/mol. The maximum atomic E-state index is 4.37. The summed E-state index contributed by atoms with van der Waals surface area (Å²) in [7, 11) is 0. The van der Waals surface area contributed by atoms with E-state index in [1.807, 2.05) is 13.3 Å². The Hall–Kier alpha value is -1.13. The number of hydrogen-bond donors (Lipinski definition) is 1. The lowest BCUT2D eigenvalue weighted by Crippen LogP contribution is -2.14. The highest BCUT2D eigenvalue weighted by atomic mass is 79.9. The van der Waals surface area contributed by atoms with Crippen molar-refractivity contribution in [3.63, 3.8) is 0 Å². The molecule has 3 nitrogen and oxygen atoms in total. The number of aryl methyl sites for hydroxylation is 1. The van der Waals surface area contributed by atoms with Crippen LogP contribution in [0, 0.1) is 13.8 Å². The van der Waals surface area contributed by atoms with Crippen molar-refractivity contribution >= 4 is 15.9 Å². The molecule has 1 aromatic carbocycles. The van der Waals surface area contributed by atoms with E-state index in [0.29, 0.717) is 0 Å². The molecule has 0 fully saturated rings. The molecule has 4 heteroatoms. The molecule has 0 aliphatic heterocycles. The van der Waals surface area contributed by atoms with Gasteiger partial charge in [-0.25, -0.2) is 4.98 Å². The molecule has 0 saturated heterocycles. The highest BCUT2D eigenvalue weighted by molar-refractivity contribution is 9.10. The van der Waals surface area contributed by atoms with Gasteiger partial charge in [-0.05, 0) is 44.2 Å². The Morgan fingerprint density at radius 2 is 2.11 bits per heavy atom. The Bertz CT molecular complexity index is 546. The van der Waals surface area contributed by atoms with Gasteiger partial charge in [-0.15, -0.1) is 0 Å². The molecule has 2 aromatic rings. The van der Waals surface area contributed by atoms with Crippen LogP contribution in [0.2, 0.25) is 0 Å². The number of imidazole rings is 1. The van der Waals surface area contributed by atoms with Crippen LogP contribution in [-0.2, 0) is 6.54 Å². The third-order valence-corrected chi connectivity index (χ3v) is 3.61. The van der Waals surface area contributed by atoms with E-state index in [0.717, 1.165) is 23.3 Å². The predicted octanol–water partition coefficient (Wildman–Crippen LogP) is 3.36. The van der Waals surface area contributed by atoms with Gasteiger partial charge >= 0.3 is 0 Å². The van der Waals surface area contributed by atoms with Gasteiger partial charge in [0.05, 0.1) is 17.7 Å². The highest BCUT2D eigenvalue weighted by Gasteiger charge is 2.09. The van der Waals surface area contributed by atoms with Gasteiger partial charge in [0.2, 0.25) is 0 Å². The number of hydrogen-bond acceptors (Lipinski definition) is 2. The molecule has 1 N–H and O–H groups in total. The first-order valence-electron chi connectivity index (χ1n) is 6.13. The molecule has 0 spiro atoms. The number of benzene rings is 1. The zero-order chi connectivity index (χ0) is 13.1. The van der Waals surface area contributed by atoms with Crippen molar-refractivity contribution < 1.29 is 0 Å². The van der Waals surface area contributed by atoms with E-state index in [1.54, 1.807) is 0 Å². The first-order chi connectivity index (χ1) is 8.63. The van der Waals surface area contributed by atoms with Crippen LogP contribution in [0.25, 0.3) is 5.69 Å². The molecule has 0 aliphatic rings. The second kappa shape index (κ2) is 5.67. The average Bonchev–Trinajstić information content (AvgIpc) is 2.68. The quantitative estimate of drug-likeness (QED) is 0.938. The highest BCUT2D eigenvalue weighted by Crippen LogP contribution is 2.22. The Morgan fingerprint density at radius 1 is 1.33 bits per heavy atom. The number of nitrogens with one attached hydrogen (secondary N) is 1. The van der Waals surface area contributed by atoms with Crippen LogP contribution in [0.5, 0.6) is 0 Å². The lowest BCUT2D eigenvalue weighted by atomic mass is 10.1. The summed E-state index contributed by atoms with van der Waals surface area (Å²) in [5.41, 5.74) is 4.73. The van der Waals surface area contributed by atoms with Gasteiger partial charge in [0, 0.05) is 16.7 Å². The van der Waals surface area contributed by atoms with Crippen LogP contribution < -0.4 is 5.32 Å². The Kier molecular flexibility index (Phi) is 4.19. The molecule has 96 valence electrons. The summed E-state index contributed by atoms with van der Waals surface area (Å²) in [6.07, 6.45) is 1.89. The van der Waals surface area contributed by atoms with Crippen LogP contribution >= 0.6 is 15.9 Å². The molecule has 0 aliphatic carbocycles. The minimum atomic E-state index is 0.863. The van der Waals surface area contributed by atoms with Gasteiger partial charge in [0.15, 0.2) is 0 Å². The van der Waals surface area contributed by atoms with Crippen molar-refractivity contribution in [2.45, 2.75) is 27.3 Å². The summed E-state index contributed by atoms with van der Waals surface area (Å²) in [5.74, 6) is 0. The largest absolute Gasteiger partial charge is 0.313 e. The van der Waals surface area contributed by atoms with E-state index in [9.17, 15) is 0 Å². The van der Waals surface area contributed by atoms with Gasteiger partial charge in [-0.1, -0.05) is 22.9 Å². The van der Waals surface area contributed by atoms with Crippen LogP contribution in [0.4, 0.5) is 0 Å². The molecule has 0 unspecified atom stereocenters. The number of halogens is 1. The van der Waals surface area contributed by atoms with Crippen molar-refractivity contribution in [1.29, 1.82) is 0 Å². The zero-order valence-electron chi connectivity index (χ0n) is 11.0. The van der Waals surface area contributed by atoms with Crippen molar-refractivity contribution in [2.24, 2.45) is 0 Å². The standard InChI is InChI=1S/C14H18BrN3/c1-4-16-8-12-7-13(15)5-6-14(12)18-9-17-10(2)11(18)3/h5-7,9,16H,4,8H2,1-3H3. The maximum Gasteiger partial charge on any atom is 0.0997 e. The van der Waals surface area contributed by atoms with Crippen LogP contribution in [0.15, 0.2) is 29.0 Å². The fourth-order valence-corrected chi connectivity index (χ4v) is 2.34. The Balaban J connectivity index is 2.46. The molecule has 0 radical (unpaired) electrons. The van der Waals surface area contributed by atoms with Crippen molar-refractivity contribution in [2.75, 3.05) is 6.54 Å². The first kappa shape index (κ1) is 13.3. The zero-order valence-corrected chi connectivity index (χ0v) is 12.6. The SMILES string of the molecule is CCNCc1cc(Br)ccc1-n1cnc(C)c1C. The molecular weight excluding hydrogens is 290 g/mol. The summed E-state index contributed by atoms with van der Waals surface area (Å²) in [5, 5.41) is 3.37. The van der Waals surface area contributed by atoms with Gasteiger partial charge < -0.3 is 9.88 Å². The molecule has 0 bridgehead atoms. The monoisotopic (exact) mass is 307 g/mol. The van der Waals surface area contributed by atoms with E-state index in [4.69, 9.17) is 0 Å². The van der Waals surface area contributed by atoms with Crippen LogP contribution in [-0.4, -0.2) is 16.1 Å². The smallest absolute Gasteiger partial charge is 0.0997 e. The summed E-state index contributed by atoms with van der Waals surface area (Å²) < 4.78 is 3.25. The second-order valence-corrected chi connectivity index (χ2v) is 5.25. The summed E-state index contributed by atoms with van der Waals surface area (Å²) in [6.45, 7) is 8.08. The second-order valence-electron chi connectivity index (χ2n) is 4.34. The van der Waals surface area contributed by atoms with E-state index in [1.165, 1.54) is 16.9 Å². The third-order valence-electron chi connectivity index (χ3n) is 3.12. The van der Waals surface area contributed by atoms with Gasteiger partial charge in [-0.3, -0.25) is 0 Å². The molecule has 1 aromatic heterocycles. The summed E-state index contributed by atoms with van der Waals surface area (Å²) in [4.78, 5) is 4.37. The Labute approximate surface area is 116 Å². The molecular formula is C14H18BrN3. The van der Waals surface area contributed by atoms with Crippen LogP contribution in [0.1, 0.15) is 23.9 Å². The summed E-state index contributed by atoms with van der Waals surface area (Å²) >= 11 is 3.53. The Morgan fingerprint density at radius 3 is 2.72 bits per heavy atom. The summed E-state index contributed by atoms with van der Waals surface area (Å²) in [6, 6.07) is 6.36. The fraction of sp³-hybridized carbons (Fsp3) is 0.357. The van der Waals surface area contributed by atoms with E-state index in [-0.39, 0.29) is 0 Å². The van der Waals surface area contributed by atoms with Crippen molar-refractivity contribution in [3.8, 4) is 5.69 Å². The number of rotatable bonds is 4. The van der Waals surface area contributed by atoms with Gasteiger partial charge in [0.25, 0.3) is 0 Å². The van der Waals surface area contributed by atoms with Crippen LogP contribution in [0.3, 0.4) is 0 Å². The maximum absolute atomic E-state index is 4.37. The van der Waals surface area contributed by atoms with Crippen molar-refractivity contribution in [1.82, 2.24) is 14.9 Å². The number of aromatic nitrogens is 2. The van der Waals surface area contributed by atoms with E-state index < -0.39 is 0 Å². The molecule has 18 heavy (non-hydrogen) atoms. The molecule has 0 atom stereocenters. The third kappa shape index (κ3) is 2.65. The number of nitrogens with zero attached hydrogens (tertiary/aromatic N) is 2. The van der Waals surface area contributed by atoms with Gasteiger partial charge in [-0.2, -0.15) is 0 Å². The molecule has 1 heterocycles.